The Balaban J connectivity index is 1.78. The Kier molecular flexibility index (Phi) is 4.34. The molecule has 3 heterocycles. The minimum absolute atomic E-state index is 0.0197. The molecule has 0 saturated heterocycles. The first-order valence-electron chi connectivity index (χ1n) is 7.43. The maximum Gasteiger partial charge on any atom is 0.255 e. The molecule has 1 amide bonds. The Hall–Kier alpha value is -2.34. The summed E-state index contributed by atoms with van der Waals surface area (Å²) in [4.78, 5) is 13.7. The lowest BCUT2D eigenvalue weighted by Crippen LogP contribution is -2.29. The van der Waals surface area contributed by atoms with Gasteiger partial charge in [-0.15, -0.1) is 11.3 Å². The standard InChI is InChI=1S/C17H19N3O2S/c1-11-16(12(2)20(3)19-11)17(21)18-10-13(14-6-4-8-22-14)15-7-5-9-23-15/h4-9,13H,10H2,1-3H3,(H,18,21). The highest BCUT2D eigenvalue weighted by Gasteiger charge is 2.22. The summed E-state index contributed by atoms with van der Waals surface area (Å²) in [6.07, 6.45) is 1.66. The minimum atomic E-state index is -0.0961. The number of carbonyl (C=O) groups is 1. The first kappa shape index (κ1) is 15.6. The first-order valence-corrected chi connectivity index (χ1v) is 8.31. The SMILES string of the molecule is Cc1nn(C)c(C)c1C(=O)NCC(c1ccco1)c1cccs1. The Bertz CT molecular complexity index is 754. The van der Waals surface area contributed by atoms with Gasteiger partial charge in [0.25, 0.3) is 5.91 Å². The Morgan fingerprint density at radius 3 is 2.78 bits per heavy atom. The number of hydrogen-bond donors (Lipinski definition) is 1. The van der Waals surface area contributed by atoms with Crippen LogP contribution in [0.3, 0.4) is 0 Å². The van der Waals surface area contributed by atoms with E-state index < -0.39 is 0 Å². The Morgan fingerprint density at radius 1 is 1.39 bits per heavy atom. The summed E-state index contributed by atoms with van der Waals surface area (Å²) in [6.45, 7) is 4.24. The van der Waals surface area contributed by atoms with Crippen LogP contribution in [0.25, 0.3) is 0 Å². The molecular weight excluding hydrogens is 310 g/mol. The Labute approximate surface area is 138 Å². The molecule has 1 unspecified atom stereocenters. The lowest BCUT2D eigenvalue weighted by Gasteiger charge is -2.14. The van der Waals surface area contributed by atoms with Crippen molar-refractivity contribution in [2.75, 3.05) is 6.54 Å². The molecule has 0 fully saturated rings. The van der Waals surface area contributed by atoms with Gasteiger partial charge in [-0.3, -0.25) is 9.48 Å². The van der Waals surface area contributed by atoms with Crippen molar-refractivity contribution in [1.29, 1.82) is 0 Å². The van der Waals surface area contributed by atoms with Crippen molar-refractivity contribution in [3.8, 4) is 0 Å². The van der Waals surface area contributed by atoms with Crippen LogP contribution < -0.4 is 5.32 Å². The summed E-state index contributed by atoms with van der Waals surface area (Å²) < 4.78 is 7.28. The number of nitrogens with one attached hydrogen (secondary N) is 1. The van der Waals surface area contributed by atoms with Crippen molar-refractivity contribution in [1.82, 2.24) is 15.1 Å². The summed E-state index contributed by atoms with van der Waals surface area (Å²) in [5.41, 5.74) is 2.26. The number of aromatic nitrogens is 2. The van der Waals surface area contributed by atoms with Crippen LogP contribution in [0.15, 0.2) is 40.3 Å². The summed E-state index contributed by atoms with van der Waals surface area (Å²) in [5.74, 6) is 0.778. The fourth-order valence-electron chi connectivity index (χ4n) is 2.71. The molecule has 0 saturated carbocycles. The van der Waals surface area contributed by atoms with Crippen molar-refractivity contribution in [3.63, 3.8) is 0 Å². The van der Waals surface area contributed by atoms with Crippen molar-refractivity contribution in [2.24, 2.45) is 7.05 Å². The summed E-state index contributed by atoms with van der Waals surface area (Å²) >= 11 is 1.66. The van der Waals surface area contributed by atoms with Gasteiger partial charge in [0.15, 0.2) is 0 Å². The van der Waals surface area contributed by atoms with Gasteiger partial charge in [-0.1, -0.05) is 6.07 Å². The van der Waals surface area contributed by atoms with Crippen LogP contribution in [0.1, 0.15) is 38.3 Å². The molecule has 3 rings (SSSR count). The molecule has 0 aliphatic rings. The average molecular weight is 329 g/mol. The van der Waals surface area contributed by atoms with Crippen LogP contribution in [-0.2, 0) is 7.05 Å². The number of carbonyl (C=O) groups excluding carboxylic acids is 1. The van der Waals surface area contributed by atoms with Crippen LogP contribution in [0.5, 0.6) is 0 Å². The van der Waals surface area contributed by atoms with Crippen molar-refractivity contribution in [2.45, 2.75) is 19.8 Å². The molecular formula is C17H19N3O2S. The molecule has 3 aromatic rings. The van der Waals surface area contributed by atoms with Crippen molar-refractivity contribution in [3.05, 3.63) is 63.5 Å². The van der Waals surface area contributed by atoms with E-state index in [4.69, 9.17) is 4.42 Å². The third kappa shape index (κ3) is 3.07. The summed E-state index contributed by atoms with van der Waals surface area (Å²) in [5, 5.41) is 9.35. The number of nitrogens with zero attached hydrogens (tertiary/aromatic N) is 2. The molecule has 0 aliphatic carbocycles. The lowest BCUT2D eigenvalue weighted by atomic mass is 10.0. The fraction of sp³-hybridized carbons (Fsp3) is 0.294. The number of amides is 1. The summed E-state index contributed by atoms with van der Waals surface area (Å²) in [7, 11) is 1.84. The second-order valence-electron chi connectivity index (χ2n) is 5.46. The number of aryl methyl sites for hydroxylation is 2. The van der Waals surface area contributed by atoms with E-state index in [1.54, 1.807) is 22.3 Å². The molecule has 6 heteroatoms. The maximum atomic E-state index is 12.6. The summed E-state index contributed by atoms with van der Waals surface area (Å²) in [6, 6.07) is 7.88. The van der Waals surface area contributed by atoms with Crippen LogP contribution in [0, 0.1) is 13.8 Å². The third-order valence-corrected chi connectivity index (χ3v) is 4.96. The zero-order valence-electron chi connectivity index (χ0n) is 13.4. The van der Waals surface area contributed by atoms with E-state index in [-0.39, 0.29) is 11.8 Å². The quantitative estimate of drug-likeness (QED) is 0.781. The number of hydrogen-bond acceptors (Lipinski definition) is 4. The molecule has 1 N–H and O–H groups in total. The van der Waals surface area contributed by atoms with E-state index in [0.29, 0.717) is 12.1 Å². The van der Waals surface area contributed by atoms with E-state index in [1.807, 2.05) is 44.5 Å². The monoisotopic (exact) mass is 329 g/mol. The van der Waals surface area contributed by atoms with Gasteiger partial charge < -0.3 is 9.73 Å². The van der Waals surface area contributed by atoms with Gasteiger partial charge in [-0.25, -0.2) is 0 Å². The molecule has 3 aromatic heterocycles. The number of furan rings is 1. The lowest BCUT2D eigenvalue weighted by molar-refractivity contribution is 0.0950. The van der Waals surface area contributed by atoms with Crippen LogP contribution in [0.4, 0.5) is 0 Å². The number of rotatable bonds is 5. The van der Waals surface area contributed by atoms with E-state index in [0.717, 1.165) is 17.1 Å². The van der Waals surface area contributed by atoms with E-state index in [9.17, 15) is 4.79 Å². The number of thiophene rings is 1. The van der Waals surface area contributed by atoms with Crippen LogP contribution >= 0.6 is 11.3 Å². The van der Waals surface area contributed by atoms with Gasteiger partial charge >= 0.3 is 0 Å². The predicted octanol–water partition coefficient (Wildman–Crippen LogP) is 3.25. The second-order valence-corrected chi connectivity index (χ2v) is 6.44. The van der Waals surface area contributed by atoms with Gasteiger partial charge in [0.2, 0.25) is 0 Å². The topological polar surface area (TPSA) is 60.1 Å². The average Bonchev–Trinajstić information content (AvgIpc) is 3.24. The van der Waals surface area contributed by atoms with Gasteiger partial charge in [-0.05, 0) is 37.4 Å². The van der Waals surface area contributed by atoms with Gasteiger partial charge in [0, 0.05) is 24.2 Å². The van der Waals surface area contributed by atoms with Gasteiger partial charge in [0.1, 0.15) is 5.76 Å². The highest BCUT2D eigenvalue weighted by molar-refractivity contribution is 7.10. The molecule has 23 heavy (non-hydrogen) atoms. The normalized spacial score (nSPS) is 12.3. The molecule has 0 bridgehead atoms. The highest BCUT2D eigenvalue weighted by Crippen LogP contribution is 2.28. The highest BCUT2D eigenvalue weighted by atomic mass is 32.1. The predicted molar refractivity (Wildman–Crippen MR) is 89.9 cm³/mol. The van der Waals surface area contributed by atoms with Crippen molar-refractivity contribution >= 4 is 17.2 Å². The van der Waals surface area contributed by atoms with Crippen LogP contribution in [-0.4, -0.2) is 22.2 Å². The Morgan fingerprint density at radius 2 is 2.22 bits per heavy atom. The molecule has 1 atom stereocenters. The largest absolute Gasteiger partial charge is 0.469 e. The molecule has 0 radical (unpaired) electrons. The van der Waals surface area contributed by atoms with E-state index in [2.05, 4.69) is 16.5 Å². The third-order valence-electron chi connectivity index (χ3n) is 3.98. The van der Waals surface area contributed by atoms with Crippen molar-refractivity contribution < 1.29 is 9.21 Å². The first-order chi connectivity index (χ1) is 11.1. The molecule has 0 spiro atoms. The molecule has 120 valence electrons. The van der Waals surface area contributed by atoms with E-state index in [1.165, 1.54) is 4.88 Å². The molecule has 0 aromatic carbocycles. The van der Waals surface area contributed by atoms with Crippen LogP contribution in [0.2, 0.25) is 0 Å². The minimum Gasteiger partial charge on any atom is -0.469 e. The second kappa shape index (κ2) is 6.42. The zero-order valence-corrected chi connectivity index (χ0v) is 14.2. The van der Waals surface area contributed by atoms with Gasteiger partial charge in [0.05, 0.1) is 23.4 Å². The zero-order chi connectivity index (χ0) is 16.4. The smallest absolute Gasteiger partial charge is 0.255 e. The maximum absolute atomic E-state index is 12.6. The van der Waals surface area contributed by atoms with E-state index >= 15 is 0 Å². The van der Waals surface area contributed by atoms with Gasteiger partial charge in [-0.2, -0.15) is 5.10 Å². The fourth-order valence-corrected chi connectivity index (χ4v) is 3.54. The molecule has 5 nitrogen and oxygen atoms in total. The molecule has 0 aliphatic heterocycles.